The van der Waals surface area contributed by atoms with E-state index in [-0.39, 0.29) is 11.9 Å². The Morgan fingerprint density at radius 1 is 1.59 bits per heavy atom. The minimum absolute atomic E-state index is 0.0265. The summed E-state index contributed by atoms with van der Waals surface area (Å²) in [4.78, 5) is 18.0. The predicted octanol–water partition coefficient (Wildman–Crippen LogP) is 0.838. The number of aromatic nitrogens is 1. The zero-order valence-corrected chi connectivity index (χ0v) is 10.2. The summed E-state index contributed by atoms with van der Waals surface area (Å²) in [5.74, 6) is 0.0265. The number of anilines is 2. The topological polar surface area (TPSA) is 57.3 Å². The third-order valence-electron chi connectivity index (χ3n) is 2.91. The van der Waals surface area contributed by atoms with Crippen molar-refractivity contribution in [2.45, 2.75) is 18.9 Å². The molecule has 1 saturated heterocycles. The third kappa shape index (κ3) is 2.74. The van der Waals surface area contributed by atoms with Gasteiger partial charge >= 0.3 is 0 Å². The largest absolute Gasteiger partial charge is 0.376 e. The molecule has 1 aliphatic heterocycles. The van der Waals surface area contributed by atoms with Gasteiger partial charge in [0, 0.05) is 20.3 Å². The summed E-state index contributed by atoms with van der Waals surface area (Å²) in [6.45, 7) is 0.922. The van der Waals surface area contributed by atoms with E-state index in [4.69, 9.17) is 0 Å². The van der Waals surface area contributed by atoms with Crippen LogP contribution >= 0.6 is 0 Å². The van der Waals surface area contributed by atoms with Gasteiger partial charge in [0.1, 0.15) is 0 Å². The molecule has 0 aromatic carbocycles. The Morgan fingerprint density at radius 2 is 2.41 bits per heavy atom. The summed E-state index contributed by atoms with van der Waals surface area (Å²) in [5, 5.41) is 6.11. The zero-order valence-electron chi connectivity index (χ0n) is 10.2. The lowest BCUT2D eigenvalue weighted by atomic mass is 10.2. The molecule has 1 atom stereocenters. The van der Waals surface area contributed by atoms with Crippen molar-refractivity contribution in [3.63, 3.8) is 0 Å². The molecular formula is C12H18N4O. The first-order valence-electron chi connectivity index (χ1n) is 5.84. The summed E-state index contributed by atoms with van der Waals surface area (Å²) in [7, 11) is 3.89. The molecule has 0 spiro atoms. The molecule has 1 aromatic rings. The Balaban J connectivity index is 2.09. The highest BCUT2D eigenvalue weighted by atomic mass is 16.2. The lowest BCUT2D eigenvalue weighted by molar-refractivity contribution is -0.117. The van der Waals surface area contributed by atoms with Crippen molar-refractivity contribution in [1.29, 1.82) is 0 Å². The van der Waals surface area contributed by atoms with Crippen LogP contribution in [0.5, 0.6) is 0 Å². The average molecular weight is 234 g/mol. The molecule has 2 rings (SSSR count). The molecule has 5 heteroatoms. The van der Waals surface area contributed by atoms with Crippen LogP contribution in [0.4, 0.5) is 11.4 Å². The van der Waals surface area contributed by atoms with E-state index in [1.807, 2.05) is 25.1 Å². The molecule has 5 nitrogen and oxygen atoms in total. The molecule has 17 heavy (non-hydrogen) atoms. The van der Waals surface area contributed by atoms with Gasteiger partial charge in [-0.1, -0.05) is 0 Å². The van der Waals surface area contributed by atoms with Crippen molar-refractivity contribution in [3.8, 4) is 0 Å². The van der Waals surface area contributed by atoms with Gasteiger partial charge in [-0.3, -0.25) is 9.78 Å². The number of amides is 1. The molecule has 1 amide bonds. The number of hydrogen-bond donors (Lipinski definition) is 2. The zero-order chi connectivity index (χ0) is 12.3. The fourth-order valence-electron chi connectivity index (χ4n) is 2.00. The first kappa shape index (κ1) is 11.9. The van der Waals surface area contributed by atoms with E-state index >= 15 is 0 Å². The van der Waals surface area contributed by atoms with Crippen LogP contribution in [0.2, 0.25) is 0 Å². The Morgan fingerprint density at radius 3 is 3.06 bits per heavy atom. The van der Waals surface area contributed by atoms with Crippen molar-refractivity contribution < 1.29 is 4.79 Å². The number of pyridine rings is 1. The van der Waals surface area contributed by atoms with Gasteiger partial charge in [-0.25, -0.2) is 0 Å². The number of hydrogen-bond acceptors (Lipinski definition) is 4. The maximum absolute atomic E-state index is 12.0. The van der Waals surface area contributed by atoms with E-state index in [1.54, 1.807) is 12.4 Å². The van der Waals surface area contributed by atoms with Crippen LogP contribution in [-0.4, -0.2) is 37.6 Å². The second kappa shape index (κ2) is 5.14. The lowest BCUT2D eigenvalue weighted by Gasteiger charge is -2.18. The van der Waals surface area contributed by atoms with Gasteiger partial charge in [-0.05, 0) is 25.5 Å². The highest BCUT2D eigenvalue weighted by Crippen LogP contribution is 2.22. The summed E-state index contributed by atoms with van der Waals surface area (Å²) in [6, 6.07) is 1.82. The van der Waals surface area contributed by atoms with Gasteiger partial charge in [0.2, 0.25) is 5.91 Å². The van der Waals surface area contributed by atoms with Gasteiger partial charge in [0.15, 0.2) is 0 Å². The summed E-state index contributed by atoms with van der Waals surface area (Å²) in [6.07, 6.45) is 5.37. The van der Waals surface area contributed by atoms with Crippen LogP contribution < -0.4 is 15.5 Å². The SMILES string of the molecule is CN(C)c1ccncc1NC(=O)[C@H]1CCCN1. The predicted molar refractivity (Wildman–Crippen MR) is 68.2 cm³/mol. The van der Waals surface area contributed by atoms with E-state index in [9.17, 15) is 4.79 Å². The summed E-state index contributed by atoms with van der Waals surface area (Å²) in [5.41, 5.74) is 1.72. The van der Waals surface area contributed by atoms with Crippen molar-refractivity contribution in [1.82, 2.24) is 10.3 Å². The van der Waals surface area contributed by atoms with Crippen LogP contribution in [0, 0.1) is 0 Å². The van der Waals surface area contributed by atoms with Crippen LogP contribution in [0.25, 0.3) is 0 Å². The van der Waals surface area contributed by atoms with E-state index in [0.717, 1.165) is 30.8 Å². The molecule has 2 heterocycles. The first-order chi connectivity index (χ1) is 8.18. The smallest absolute Gasteiger partial charge is 0.241 e. The number of nitrogens with zero attached hydrogens (tertiary/aromatic N) is 2. The first-order valence-corrected chi connectivity index (χ1v) is 5.84. The van der Waals surface area contributed by atoms with Crippen LogP contribution in [-0.2, 0) is 4.79 Å². The molecule has 2 N–H and O–H groups in total. The van der Waals surface area contributed by atoms with Crippen molar-refractivity contribution in [3.05, 3.63) is 18.5 Å². The minimum atomic E-state index is -0.0646. The van der Waals surface area contributed by atoms with Crippen molar-refractivity contribution in [2.24, 2.45) is 0 Å². The second-order valence-electron chi connectivity index (χ2n) is 4.43. The number of nitrogens with one attached hydrogen (secondary N) is 2. The average Bonchev–Trinajstić information content (AvgIpc) is 2.83. The standard InChI is InChI=1S/C12H18N4O/c1-16(2)11-5-7-13-8-10(11)15-12(17)9-4-3-6-14-9/h5,7-9,14H,3-4,6H2,1-2H3,(H,15,17)/t9-/m1/s1. The van der Waals surface area contributed by atoms with E-state index in [0.29, 0.717) is 0 Å². The van der Waals surface area contributed by atoms with Crippen LogP contribution in [0.1, 0.15) is 12.8 Å². The third-order valence-corrected chi connectivity index (χ3v) is 2.91. The van der Waals surface area contributed by atoms with Gasteiger partial charge < -0.3 is 15.5 Å². The Labute approximate surface area is 101 Å². The number of carbonyl (C=O) groups is 1. The fourth-order valence-corrected chi connectivity index (χ4v) is 2.00. The number of carbonyl (C=O) groups excluding carboxylic acids is 1. The Bertz CT molecular complexity index is 399. The minimum Gasteiger partial charge on any atom is -0.376 e. The summed E-state index contributed by atoms with van der Waals surface area (Å²) >= 11 is 0. The highest BCUT2D eigenvalue weighted by Gasteiger charge is 2.22. The Kier molecular flexibility index (Phi) is 3.58. The maximum atomic E-state index is 12.0. The molecule has 0 saturated carbocycles. The fraction of sp³-hybridized carbons (Fsp3) is 0.500. The molecule has 0 radical (unpaired) electrons. The molecule has 92 valence electrons. The molecule has 0 unspecified atom stereocenters. The monoisotopic (exact) mass is 234 g/mol. The van der Waals surface area contributed by atoms with E-state index in [1.165, 1.54) is 0 Å². The lowest BCUT2D eigenvalue weighted by Crippen LogP contribution is -2.35. The number of rotatable bonds is 3. The van der Waals surface area contributed by atoms with E-state index in [2.05, 4.69) is 15.6 Å². The molecular weight excluding hydrogens is 216 g/mol. The van der Waals surface area contributed by atoms with E-state index < -0.39 is 0 Å². The quantitative estimate of drug-likeness (QED) is 0.813. The van der Waals surface area contributed by atoms with Crippen molar-refractivity contribution >= 4 is 17.3 Å². The van der Waals surface area contributed by atoms with Gasteiger partial charge in [-0.15, -0.1) is 0 Å². The molecule has 1 aromatic heterocycles. The van der Waals surface area contributed by atoms with Crippen LogP contribution in [0.3, 0.4) is 0 Å². The highest BCUT2D eigenvalue weighted by molar-refractivity contribution is 5.97. The normalized spacial score (nSPS) is 19.1. The maximum Gasteiger partial charge on any atom is 0.241 e. The van der Waals surface area contributed by atoms with Gasteiger partial charge in [0.05, 0.1) is 23.6 Å². The van der Waals surface area contributed by atoms with Crippen molar-refractivity contribution in [2.75, 3.05) is 30.9 Å². The summed E-state index contributed by atoms with van der Waals surface area (Å²) < 4.78 is 0. The molecule has 1 fully saturated rings. The van der Waals surface area contributed by atoms with Crippen LogP contribution in [0.15, 0.2) is 18.5 Å². The molecule has 1 aliphatic rings. The second-order valence-corrected chi connectivity index (χ2v) is 4.43. The molecule has 0 aliphatic carbocycles. The molecule has 0 bridgehead atoms. The van der Waals surface area contributed by atoms with Gasteiger partial charge in [-0.2, -0.15) is 0 Å². The Hall–Kier alpha value is -1.62. The van der Waals surface area contributed by atoms with Gasteiger partial charge in [0.25, 0.3) is 0 Å².